The number of rotatable bonds is 3. The first kappa shape index (κ1) is 19.4. The van der Waals surface area contributed by atoms with Crippen LogP contribution in [-0.4, -0.2) is 49.1 Å². The molecular weight excluding hydrogens is 394 g/mol. The van der Waals surface area contributed by atoms with Crippen molar-refractivity contribution in [3.63, 3.8) is 0 Å². The van der Waals surface area contributed by atoms with Crippen LogP contribution in [0, 0.1) is 6.92 Å². The van der Waals surface area contributed by atoms with E-state index in [0.717, 1.165) is 61.0 Å². The summed E-state index contributed by atoms with van der Waals surface area (Å²) >= 11 is 1.71. The molecule has 2 aromatic carbocycles. The van der Waals surface area contributed by atoms with Crippen molar-refractivity contribution >= 4 is 32.6 Å². The molecule has 0 bridgehead atoms. The van der Waals surface area contributed by atoms with Crippen LogP contribution in [0.4, 0.5) is 5.13 Å². The maximum Gasteiger partial charge on any atom is 0.253 e. The van der Waals surface area contributed by atoms with Crippen LogP contribution in [-0.2, 0) is 12.8 Å². The highest BCUT2D eigenvalue weighted by molar-refractivity contribution is 7.22. The van der Waals surface area contributed by atoms with Gasteiger partial charge in [0.1, 0.15) is 11.3 Å². The number of fused-ring (bicyclic) bond motifs is 2. The Kier molecular flexibility index (Phi) is 5.11. The van der Waals surface area contributed by atoms with Gasteiger partial charge in [0.2, 0.25) is 0 Å². The average Bonchev–Trinajstić information content (AvgIpc) is 3.25. The summed E-state index contributed by atoms with van der Waals surface area (Å²) in [6.45, 7) is 5.17. The number of amides is 1. The number of carbonyl (C=O) groups excluding carboxylic acids is 1. The number of hydrogen-bond acceptors (Lipinski definition) is 5. The standard InChI is InChI=1S/C24H27N3O2S/c1-16-7-10-20(29-2)21-22(16)30-24(25-21)27-13-11-26(12-14-27)23(28)19-9-8-17-5-3-4-6-18(17)15-19/h7-10,15H,3-6,11-14H2,1-2H3. The first-order valence-electron chi connectivity index (χ1n) is 10.7. The zero-order chi connectivity index (χ0) is 20.7. The predicted molar refractivity (Wildman–Crippen MR) is 122 cm³/mol. The molecule has 30 heavy (non-hydrogen) atoms. The van der Waals surface area contributed by atoms with Gasteiger partial charge in [-0.3, -0.25) is 4.79 Å². The lowest BCUT2D eigenvalue weighted by molar-refractivity contribution is 0.0746. The Balaban J connectivity index is 1.30. The molecule has 0 N–H and O–H groups in total. The van der Waals surface area contributed by atoms with Crippen LogP contribution in [0.15, 0.2) is 30.3 Å². The smallest absolute Gasteiger partial charge is 0.253 e. The van der Waals surface area contributed by atoms with E-state index < -0.39 is 0 Å². The first-order chi connectivity index (χ1) is 14.6. The number of ether oxygens (including phenoxy) is 1. The maximum atomic E-state index is 13.1. The van der Waals surface area contributed by atoms with Crippen molar-refractivity contribution in [1.82, 2.24) is 9.88 Å². The van der Waals surface area contributed by atoms with E-state index in [1.165, 1.54) is 34.2 Å². The number of benzene rings is 2. The van der Waals surface area contributed by atoms with Crippen LogP contribution >= 0.6 is 11.3 Å². The van der Waals surface area contributed by atoms with Gasteiger partial charge in [-0.25, -0.2) is 4.98 Å². The number of anilines is 1. The summed E-state index contributed by atoms with van der Waals surface area (Å²) in [5, 5.41) is 1.01. The summed E-state index contributed by atoms with van der Waals surface area (Å²) in [6.07, 6.45) is 4.74. The summed E-state index contributed by atoms with van der Waals surface area (Å²) in [5.41, 5.74) is 5.78. The molecule has 0 radical (unpaired) electrons. The van der Waals surface area contributed by atoms with Gasteiger partial charge in [-0.1, -0.05) is 23.5 Å². The van der Waals surface area contributed by atoms with E-state index in [9.17, 15) is 4.79 Å². The van der Waals surface area contributed by atoms with Gasteiger partial charge < -0.3 is 14.5 Å². The van der Waals surface area contributed by atoms with Gasteiger partial charge in [0.15, 0.2) is 5.13 Å². The van der Waals surface area contributed by atoms with Crippen molar-refractivity contribution < 1.29 is 9.53 Å². The fraction of sp³-hybridized carbons (Fsp3) is 0.417. The Morgan fingerprint density at radius 2 is 1.80 bits per heavy atom. The van der Waals surface area contributed by atoms with Gasteiger partial charge in [-0.15, -0.1) is 0 Å². The third kappa shape index (κ3) is 3.43. The molecule has 5 rings (SSSR count). The molecule has 5 nitrogen and oxygen atoms in total. The van der Waals surface area contributed by atoms with Gasteiger partial charge in [-0.2, -0.15) is 0 Å². The first-order valence-corrected chi connectivity index (χ1v) is 11.6. The second-order valence-corrected chi connectivity index (χ2v) is 9.21. The van der Waals surface area contributed by atoms with Crippen molar-refractivity contribution in [2.45, 2.75) is 32.6 Å². The molecule has 2 aliphatic rings. The molecular formula is C24H27N3O2S. The highest BCUT2D eigenvalue weighted by atomic mass is 32.1. The molecule has 0 saturated carbocycles. The number of carbonyl (C=O) groups is 1. The summed E-state index contributed by atoms with van der Waals surface area (Å²) in [7, 11) is 1.69. The SMILES string of the molecule is COc1ccc(C)c2sc(N3CCN(C(=O)c4ccc5c(c4)CCCC5)CC3)nc12. The number of aryl methyl sites for hydroxylation is 3. The third-order valence-corrected chi connectivity index (χ3v) is 7.60. The second kappa shape index (κ2) is 7.91. The highest BCUT2D eigenvalue weighted by Gasteiger charge is 2.25. The molecule has 0 unspecified atom stereocenters. The van der Waals surface area contributed by atoms with Crippen molar-refractivity contribution in [2.24, 2.45) is 0 Å². The molecule has 3 aromatic rings. The van der Waals surface area contributed by atoms with Crippen LogP contribution in [0.25, 0.3) is 10.2 Å². The molecule has 1 aliphatic heterocycles. The van der Waals surface area contributed by atoms with Gasteiger partial charge in [0, 0.05) is 31.7 Å². The quantitative estimate of drug-likeness (QED) is 0.627. The minimum atomic E-state index is 0.157. The predicted octanol–water partition coefficient (Wildman–Crippen LogP) is 4.45. The van der Waals surface area contributed by atoms with E-state index in [2.05, 4.69) is 30.0 Å². The number of methoxy groups -OCH3 is 1. The lowest BCUT2D eigenvalue weighted by Gasteiger charge is -2.34. The molecule has 6 heteroatoms. The second-order valence-electron chi connectivity index (χ2n) is 8.23. The van der Waals surface area contributed by atoms with Gasteiger partial charge >= 0.3 is 0 Å². The lowest BCUT2D eigenvalue weighted by atomic mass is 9.90. The summed E-state index contributed by atoms with van der Waals surface area (Å²) < 4.78 is 6.67. The summed E-state index contributed by atoms with van der Waals surface area (Å²) in [6, 6.07) is 10.4. The van der Waals surface area contributed by atoms with Crippen molar-refractivity contribution in [3.05, 3.63) is 52.6 Å². The van der Waals surface area contributed by atoms with E-state index in [-0.39, 0.29) is 5.91 Å². The summed E-state index contributed by atoms with van der Waals surface area (Å²) in [4.78, 5) is 22.2. The molecule has 1 amide bonds. The highest BCUT2D eigenvalue weighted by Crippen LogP contribution is 2.36. The number of nitrogens with zero attached hydrogens (tertiary/aromatic N) is 3. The third-order valence-electron chi connectivity index (χ3n) is 6.34. The average molecular weight is 422 g/mol. The van der Waals surface area contributed by atoms with E-state index in [1.807, 2.05) is 17.0 Å². The van der Waals surface area contributed by atoms with Crippen molar-refractivity contribution in [1.29, 1.82) is 0 Å². The van der Waals surface area contributed by atoms with Gasteiger partial charge in [-0.05, 0) is 67.5 Å². The Morgan fingerprint density at radius 1 is 1.03 bits per heavy atom. The number of hydrogen-bond donors (Lipinski definition) is 0. The zero-order valence-corrected chi connectivity index (χ0v) is 18.4. The van der Waals surface area contributed by atoms with Gasteiger partial charge in [0.05, 0.1) is 11.8 Å². The van der Waals surface area contributed by atoms with Crippen LogP contribution in [0.5, 0.6) is 5.75 Å². The number of piperazine rings is 1. The van der Waals surface area contributed by atoms with Crippen LogP contribution in [0.3, 0.4) is 0 Å². The topological polar surface area (TPSA) is 45.7 Å². The molecule has 0 spiro atoms. The van der Waals surface area contributed by atoms with E-state index in [4.69, 9.17) is 9.72 Å². The largest absolute Gasteiger partial charge is 0.494 e. The lowest BCUT2D eigenvalue weighted by Crippen LogP contribution is -2.48. The number of aromatic nitrogens is 1. The Hall–Kier alpha value is -2.60. The van der Waals surface area contributed by atoms with Gasteiger partial charge in [0.25, 0.3) is 5.91 Å². The fourth-order valence-corrected chi connectivity index (χ4v) is 5.65. The minimum absolute atomic E-state index is 0.157. The molecule has 1 fully saturated rings. The van der Waals surface area contributed by atoms with Crippen molar-refractivity contribution in [2.75, 3.05) is 38.2 Å². The van der Waals surface area contributed by atoms with Crippen LogP contribution in [0.2, 0.25) is 0 Å². The molecule has 2 heterocycles. The molecule has 1 saturated heterocycles. The van der Waals surface area contributed by atoms with E-state index in [0.29, 0.717) is 0 Å². The molecule has 0 atom stereocenters. The normalized spacial score (nSPS) is 16.6. The Labute approximate surface area is 181 Å². The monoisotopic (exact) mass is 421 g/mol. The number of thiazole rings is 1. The minimum Gasteiger partial charge on any atom is -0.494 e. The molecule has 156 valence electrons. The van der Waals surface area contributed by atoms with Crippen LogP contribution < -0.4 is 9.64 Å². The Morgan fingerprint density at radius 3 is 2.57 bits per heavy atom. The molecule has 1 aromatic heterocycles. The van der Waals surface area contributed by atoms with Crippen molar-refractivity contribution in [3.8, 4) is 5.75 Å². The molecule has 1 aliphatic carbocycles. The zero-order valence-electron chi connectivity index (χ0n) is 17.6. The summed E-state index contributed by atoms with van der Waals surface area (Å²) in [5.74, 6) is 0.976. The van der Waals surface area contributed by atoms with E-state index >= 15 is 0 Å². The fourth-order valence-electron chi connectivity index (χ4n) is 4.55. The van der Waals surface area contributed by atoms with E-state index in [1.54, 1.807) is 18.4 Å². The Bertz CT molecular complexity index is 1100. The van der Waals surface area contributed by atoms with Crippen LogP contribution in [0.1, 0.15) is 39.9 Å². The maximum absolute atomic E-state index is 13.1.